The molecular weight excluding hydrogens is 392 g/mol. The van der Waals surface area contributed by atoms with Gasteiger partial charge in [0.2, 0.25) is 5.91 Å². The molecule has 5 nitrogen and oxygen atoms in total. The molecule has 148 valence electrons. The fourth-order valence-electron chi connectivity index (χ4n) is 3.78. The molecule has 5 aromatic rings. The van der Waals surface area contributed by atoms with Gasteiger partial charge in [-0.1, -0.05) is 59.8 Å². The van der Waals surface area contributed by atoms with E-state index in [2.05, 4.69) is 46.7 Å². The van der Waals surface area contributed by atoms with Crippen LogP contribution in [-0.2, 0) is 4.79 Å². The number of pyridine rings is 1. The predicted octanol–water partition coefficient (Wildman–Crippen LogP) is 5.38. The number of carbonyl (C=O) groups excluding carboxylic acids is 1. The molecule has 0 saturated heterocycles. The molecule has 0 aliphatic carbocycles. The molecule has 30 heavy (non-hydrogen) atoms. The first kappa shape index (κ1) is 18.6. The van der Waals surface area contributed by atoms with Gasteiger partial charge < -0.3 is 5.32 Å². The second-order valence-electron chi connectivity index (χ2n) is 7.39. The lowest BCUT2D eigenvalue weighted by Crippen LogP contribution is -2.14. The van der Waals surface area contributed by atoms with Crippen LogP contribution in [0.5, 0.6) is 0 Å². The van der Waals surface area contributed by atoms with Crippen molar-refractivity contribution >= 4 is 50.7 Å². The second-order valence-corrected chi connectivity index (χ2v) is 8.34. The van der Waals surface area contributed by atoms with Gasteiger partial charge >= 0.3 is 0 Å². The van der Waals surface area contributed by atoms with Crippen molar-refractivity contribution in [3.05, 3.63) is 77.9 Å². The first-order valence-electron chi connectivity index (χ1n) is 9.76. The van der Waals surface area contributed by atoms with Gasteiger partial charge in [0.25, 0.3) is 0 Å². The Kier molecular flexibility index (Phi) is 4.64. The molecule has 0 spiro atoms. The molecule has 0 radical (unpaired) electrons. The van der Waals surface area contributed by atoms with E-state index in [1.165, 1.54) is 17.3 Å². The molecule has 3 aromatic carbocycles. The van der Waals surface area contributed by atoms with Crippen LogP contribution in [-0.4, -0.2) is 26.3 Å². The summed E-state index contributed by atoms with van der Waals surface area (Å²) in [6, 6.07) is 22.4. The Morgan fingerprint density at radius 2 is 1.80 bits per heavy atom. The highest BCUT2D eigenvalue weighted by Crippen LogP contribution is 2.27. The van der Waals surface area contributed by atoms with Crippen molar-refractivity contribution in [3.63, 3.8) is 0 Å². The molecular formula is C24H20N4OS. The monoisotopic (exact) mass is 412 g/mol. The van der Waals surface area contributed by atoms with E-state index in [-0.39, 0.29) is 11.7 Å². The smallest absolute Gasteiger partial charge is 0.234 e. The SMILES string of the molecule is Cc1ccc2c(c1)cc(C)c1nnc(SCC(=O)Nc3cccc4ccccc34)n12. The molecule has 0 fully saturated rings. The molecule has 1 N–H and O–H groups in total. The molecule has 0 saturated carbocycles. The molecule has 5 rings (SSSR count). The van der Waals surface area contributed by atoms with Crippen LogP contribution in [0, 0.1) is 13.8 Å². The molecule has 2 aromatic heterocycles. The minimum Gasteiger partial charge on any atom is -0.325 e. The zero-order chi connectivity index (χ0) is 20.7. The highest BCUT2D eigenvalue weighted by Gasteiger charge is 2.14. The predicted molar refractivity (Wildman–Crippen MR) is 123 cm³/mol. The maximum Gasteiger partial charge on any atom is 0.234 e. The van der Waals surface area contributed by atoms with E-state index in [0.29, 0.717) is 0 Å². The molecule has 0 unspecified atom stereocenters. The Labute approximate surface area is 178 Å². The summed E-state index contributed by atoms with van der Waals surface area (Å²) in [6.07, 6.45) is 0. The Hall–Kier alpha value is -3.38. The summed E-state index contributed by atoms with van der Waals surface area (Å²) in [6.45, 7) is 4.12. The summed E-state index contributed by atoms with van der Waals surface area (Å²) >= 11 is 1.39. The largest absolute Gasteiger partial charge is 0.325 e. The molecule has 0 atom stereocenters. The van der Waals surface area contributed by atoms with Crippen molar-refractivity contribution in [2.45, 2.75) is 19.0 Å². The Morgan fingerprint density at radius 3 is 2.70 bits per heavy atom. The number of amides is 1. The highest BCUT2D eigenvalue weighted by molar-refractivity contribution is 7.99. The van der Waals surface area contributed by atoms with Crippen molar-refractivity contribution in [1.82, 2.24) is 14.6 Å². The number of rotatable bonds is 4. The lowest BCUT2D eigenvalue weighted by molar-refractivity contribution is -0.113. The third-order valence-electron chi connectivity index (χ3n) is 5.18. The van der Waals surface area contributed by atoms with Crippen LogP contribution in [0.15, 0.2) is 71.9 Å². The summed E-state index contributed by atoms with van der Waals surface area (Å²) in [7, 11) is 0. The minimum absolute atomic E-state index is 0.0686. The maximum absolute atomic E-state index is 12.7. The molecule has 0 aliphatic rings. The first-order valence-corrected chi connectivity index (χ1v) is 10.7. The number of nitrogens with zero attached hydrogens (tertiary/aromatic N) is 3. The third-order valence-corrected chi connectivity index (χ3v) is 6.11. The number of anilines is 1. The van der Waals surface area contributed by atoms with E-state index in [1.807, 2.05) is 53.8 Å². The van der Waals surface area contributed by atoms with Crippen molar-refractivity contribution in [3.8, 4) is 0 Å². The molecule has 2 heterocycles. The normalized spacial score (nSPS) is 11.4. The van der Waals surface area contributed by atoms with Gasteiger partial charge in [0.05, 0.1) is 11.3 Å². The fourth-order valence-corrected chi connectivity index (χ4v) is 4.52. The van der Waals surface area contributed by atoms with Gasteiger partial charge in [0.1, 0.15) is 0 Å². The van der Waals surface area contributed by atoms with Gasteiger partial charge in [-0.15, -0.1) is 10.2 Å². The average molecular weight is 413 g/mol. The Bertz CT molecular complexity index is 1420. The van der Waals surface area contributed by atoms with E-state index >= 15 is 0 Å². The standard InChI is InChI=1S/C24H20N4OS/c1-15-10-11-21-18(12-15)13-16(2)23-26-27-24(28(21)23)30-14-22(29)25-20-9-5-7-17-6-3-4-8-19(17)20/h3-13H,14H2,1-2H3,(H,25,29). The summed E-state index contributed by atoms with van der Waals surface area (Å²) in [5, 5.41) is 15.7. The van der Waals surface area contributed by atoms with Crippen LogP contribution in [0.25, 0.3) is 27.3 Å². The van der Waals surface area contributed by atoms with E-state index in [4.69, 9.17) is 0 Å². The van der Waals surface area contributed by atoms with Crippen molar-refractivity contribution in [2.24, 2.45) is 0 Å². The number of carbonyl (C=O) groups is 1. The highest BCUT2D eigenvalue weighted by atomic mass is 32.2. The van der Waals surface area contributed by atoms with Crippen molar-refractivity contribution in [1.29, 1.82) is 0 Å². The van der Waals surface area contributed by atoms with E-state index in [1.54, 1.807) is 0 Å². The number of fused-ring (bicyclic) bond motifs is 4. The lowest BCUT2D eigenvalue weighted by Gasteiger charge is -2.09. The van der Waals surface area contributed by atoms with Crippen LogP contribution in [0.2, 0.25) is 0 Å². The van der Waals surface area contributed by atoms with Gasteiger partial charge in [-0.05, 0) is 54.4 Å². The molecule has 1 amide bonds. The van der Waals surface area contributed by atoms with Gasteiger partial charge in [-0.25, -0.2) is 0 Å². The van der Waals surface area contributed by atoms with Crippen LogP contribution < -0.4 is 5.32 Å². The van der Waals surface area contributed by atoms with Crippen LogP contribution >= 0.6 is 11.8 Å². The Morgan fingerprint density at radius 1 is 0.967 bits per heavy atom. The summed E-state index contributed by atoms with van der Waals surface area (Å²) in [5.74, 6) is 0.187. The molecule has 0 aliphatic heterocycles. The second kappa shape index (κ2) is 7.46. The number of benzene rings is 3. The van der Waals surface area contributed by atoms with Gasteiger partial charge in [-0.2, -0.15) is 0 Å². The van der Waals surface area contributed by atoms with Crippen LogP contribution in [0.4, 0.5) is 5.69 Å². The minimum atomic E-state index is -0.0686. The molecule has 6 heteroatoms. The van der Waals surface area contributed by atoms with Crippen LogP contribution in [0.3, 0.4) is 0 Å². The topological polar surface area (TPSA) is 59.3 Å². The Balaban J connectivity index is 1.42. The number of thioether (sulfide) groups is 1. The zero-order valence-corrected chi connectivity index (χ0v) is 17.5. The van der Waals surface area contributed by atoms with Gasteiger partial charge in [0.15, 0.2) is 10.8 Å². The maximum atomic E-state index is 12.7. The fraction of sp³-hybridized carbons (Fsp3) is 0.125. The summed E-state index contributed by atoms with van der Waals surface area (Å²) in [4.78, 5) is 12.7. The van der Waals surface area contributed by atoms with Crippen LogP contribution in [0.1, 0.15) is 11.1 Å². The number of hydrogen-bond donors (Lipinski definition) is 1. The number of nitrogens with one attached hydrogen (secondary N) is 1. The third kappa shape index (κ3) is 3.29. The number of aromatic nitrogens is 3. The van der Waals surface area contributed by atoms with Gasteiger partial charge in [-0.3, -0.25) is 9.20 Å². The van der Waals surface area contributed by atoms with Gasteiger partial charge in [0, 0.05) is 11.1 Å². The van der Waals surface area contributed by atoms with Crippen molar-refractivity contribution in [2.75, 3.05) is 11.1 Å². The summed E-state index contributed by atoms with van der Waals surface area (Å²) < 4.78 is 2.04. The number of hydrogen-bond acceptors (Lipinski definition) is 4. The van der Waals surface area contributed by atoms with E-state index < -0.39 is 0 Å². The van der Waals surface area contributed by atoms with E-state index in [9.17, 15) is 4.79 Å². The van der Waals surface area contributed by atoms with E-state index in [0.717, 1.165) is 43.7 Å². The van der Waals surface area contributed by atoms with Crippen molar-refractivity contribution < 1.29 is 4.79 Å². The lowest BCUT2D eigenvalue weighted by atomic mass is 10.1. The first-order chi connectivity index (χ1) is 14.6. The average Bonchev–Trinajstić information content (AvgIpc) is 3.17. The zero-order valence-electron chi connectivity index (χ0n) is 16.7. The molecule has 0 bridgehead atoms. The number of aryl methyl sites for hydroxylation is 2. The quantitative estimate of drug-likeness (QED) is 0.403. The summed E-state index contributed by atoms with van der Waals surface area (Å²) in [5.41, 5.74) is 4.96.